The summed E-state index contributed by atoms with van der Waals surface area (Å²) in [5.74, 6) is 0. The average Bonchev–Trinajstić information content (AvgIpc) is 2.39. The summed E-state index contributed by atoms with van der Waals surface area (Å²) >= 11 is 0. The monoisotopic (exact) mass is 281 g/mol. The highest BCUT2D eigenvalue weighted by atomic mass is 16.6. The molecule has 0 aliphatic heterocycles. The minimum atomic E-state index is -0.553. The maximum Gasteiger partial charge on any atom is 0.408 e. The fourth-order valence-corrected chi connectivity index (χ4v) is 2.15. The van der Waals surface area contributed by atoms with Gasteiger partial charge < -0.3 is 15.8 Å². The fourth-order valence-electron chi connectivity index (χ4n) is 2.15. The Morgan fingerprint density at radius 1 is 1.45 bits per heavy atom. The second kappa shape index (κ2) is 9.55. The number of hydrogen-bond acceptors (Lipinski definition) is 4. The van der Waals surface area contributed by atoms with Crippen molar-refractivity contribution in [2.45, 2.75) is 57.7 Å². The van der Waals surface area contributed by atoms with Gasteiger partial charge in [0.05, 0.1) is 0 Å². The standard InChI is InChI=1S/C15H27N3O2/c1-12(11-13-7-3-2-4-8-13)18-15(19)20-14(17)9-5-6-10-16/h3,7-8,12,14H,2,4-6,9-11,16-17H2,1H3,(H,18,19). The van der Waals surface area contributed by atoms with Crippen molar-refractivity contribution < 1.29 is 9.53 Å². The second-order valence-electron chi connectivity index (χ2n) is 5.24. The minimum Gasteiger partial charge on any atom is -0.431 e. The number of carbonyl (C=O) groups is 1. The lowest BCUT2D eigenvalue weighted by Gasteiger charge is -2.18. The van der Waals surface area contributed by atoms with Crippen LogP contribution < -0.4 is 16.8 Å². The zero-order chi connectivity index (χ0) is 14.8. The summed E-state index contributed by atoms with van der Waals surface area (Å²) in [4.78, 5) is 11.7. The molecular formula is C15H27N3O2. The van der Waals surface area contributed by atoms with Gasteiger partial charge in [-0.1, -0.05) is 23.8 Å². The predicted molar refractivity (Wildman–Crippen MR) is 81.0 cm³/mol. The van der Waals surface area contributed by atoms with E-state index in [1.54, 1.807) is 0 Å². The molecule has 5 heteroatoms. The molecule has 5 nitrogen and oxygen atoms in total. The first-order chi connectivity index (χ1) is 9.61. The molecule has 0 spiro atoms. The van der Waals surface area contributed by atoms with E-state index >= 15 is 0 Å². The SMILES string of the molecule is CC(CC1=CCCC=C1)NC(=O)OC(N)CCCCN. The number of alkyl carbamates (subject to hydrolysis) is 1. The Bertz CT molecular complexity index is 353. The lowest BCUT2D eigenvalue weighted by molar-refractivity contribution is 0.0922. The van der Waals surface area contributed by atoms with Crippen LogP contribution in [0.3, 0.4) is 0 Å². The molecule has 0 fully saturated rings. The first kappa shape index (κ1) is 16.7. The molecule has 2 atom stereocenters. The van der Waals surface area contributed by atoms with Gasteiger partial charge in [-0.25, -0.2) is 4.79 Å². The van der Waals surface area contributed by atoms with Crippen molar-refractivity contribution in [3.8, 4) is 0 Å². The van der Waals surface area contributed by atoms with Gasteiger partial charge in [0.25, 0.3) is 0 Å². The van der Waals surface area contributed by atoms with Crippen molar-refractivity contribution in [2.24, 2.45) is 11.5 Å². The van der Waals surface area contributed by atoms with E-state index in [-0.39, 0.29) is 6.04 Å². The number of hydrogen-bond donors (Lipinski definition) is 3. The minimum absolute atomic E-state index is 0.0349. The largest absolute Gasteiger partial charge is 0.431 e. The zero-order valence-corrected chi connectivity index (χ0v) is 12.3. The van der Waals surface area contributed by atoms with Crippen LogP contribution in [-0.2, 0) is 4.74 Å². The normalized spacial score (nSPS) is 17.2. The molecule has 1 aliphatic rings. The third-order valence-corrected chi connectivity index (χ3v) is 3.18. The van der Waals surface area contributed by atoms with Crippen LogP contribution in [0.25, 0.3) is 0 Å². The molecule has 5 N–H and O–H groups in total. The number of amides is 1. The van der Waals surface area contributed by atoms with Gasteiger partial charge in [-0.15, -0.1) is 0 Å². The summed E-state index contributed by atoms with van der Waals surface area (Å²) in [5, 5.41) is 2.81. The molecule has 1 rings (SSSR count). The van der Waals surface area contributed by atoms with E-state index in [9.17, 15) is 4.79 Å². The van der Waals surface area contributed by atoms with Gasteiger partial charge in [0.15, 0.2) is 6.23 Å². The van der Waals surface area contributed by atoms with Crippen LogP contribution in [-0.4, -0.2) is 24.9 Å². The van der Waals surface area contributed by atoms with Crippen molar-refractivity contribution in [3.05, 3.63) is 23.8 Å². The number of ether oxygens (including phenoxy) is 1. The van der Waals surface area contributed by atoms with Crippen molar-refractivity contribution in [3.63, 3.8) is 0 Å². The Kier molecular flexibility index (Phi) is 7.99. The molecule has 0 aromatic heterocycles. The molecule has 0 heterocycles. The van der Waals surface area contributed by atoms with Crippen molar-refractivity contribution >= 4 is 6.09 Å². The Labute approximate surface area is 121 Å². The topological polar surface area (TPSA) is 90.4 Å². The first-order valence-corrected chi connectivity index (χ1v) is 7.40. The second-order valence-corrected chi connectivity index (χ2v) is 5.24. The third-order valence-electron chi connectivity index (χ3n) is 3.18. The number of nitrogens with one attached hydrogen (secondary N) is 1. The van der Waals surface area contributed by atoms with Gasteiger partial charge in [0.1, 0.15) is 0 Å². The number of carbonyl (C=O) groups excluding carboxylic acids is 1. The summed E-state index contributed by atoms with van der Waals surface area (Å²) in [6.07, 6.45) is 10.9. The van der Waals surface area contributed by atoms with Crippen LogP contribution in [0.1, 0.15) is 45.4 Å². The van der Waals surface area contributed by atoms with E-state index in [1.807, 2.05) is 6.92 Å². The van der Waals surface area contributed by atoms with Gasteiger partial charge in [-0.3, -0.25) is 5.73 Å². The highest BCUT2D eigenvalue weighted by Gasteiger charge is 2.13. The predicted octanol–water partition coefficient (Wildman–Crippen LogP) is 2.18. The molecular weight excluding hydrogens is 254 g/mol. The van der Waals surface area contributed by atoms with Crippen LogP contribution in [0.2, 0.25) is 0 Å². The molecule has 1 aliphatic carbocycles. The Morgan fingerprint density at radius 3 is 2.90 bits per heavy atom. The zero-order valence-electron chi connectivity index (χ0n) is 12.3. The average molecular weight is 281 g/mol. The van der Waals surface area contributed by atoms with Crippen molar-refractivity contribution in [1.82, 2.24) is 5.32 Å². The van der Waals surface area contributed by atoms with Crippen molar-refractivity contribution in [2.75, 3.05) is 6.54 Å². The van der Waals surface area contributed by atoms with Gasteiger partial charge in [-0.05, 0) is 52.0 Å². The Balaban J connectivity index is 2.20. The summed E-state index contributed by atoms with van der Waals surface area (Å²) < 4.78 is 5.11. The molecule has 0 saturated heterocycles. The molecule has 0 radical (unpaired) electrons. The molecule has 0 saturated carbocycles. The number of rotatable bonds is 8. The molecule has 0 aromatic carbocycles. The molecule has 1 amide bonds. The Morgan fingerprint density at radius 2 is 2.25 bits per heavy atom. The number of nitrogens with two attached hydrogens (primary N) is 2. The Hall–Kier alpha value is -1.33. The highest BCUT2D eigenvalue weighted by Crippen LogP contribution is 2.14. The third kappa shape index (κ3) is 7.31. The lowest BCUT2D eigenvalue weighted by atomic mass is 10.0. The van der Waals surface area contributed by atoms with E-state index < -0.39 is 12.3 Å². The van der Waals surface area contributed by atoms with Crippen LogP contribution >= 0.6 is 0 Å². The first-order valence-electron chi connectivity index (χ1n) is 7.40. The summed E-state index contributed by atoms with van der Waals surface area (Å²) in [6.45, 7) is 2.60. The summed E-state index contributed by atoms with van der Waals surface area (Å²) in [6, 6.07) is 0.0349. The number of allylic oxidation sites excluding steroid dienone is 3. The molecule has 114 valence electrons. The smallest absolute Gasteiger partial charge is 0.408 e. The summed E-state index contributed by atoms with van der Waals surface area (Å²) in [7, 11) is 0. The molecule has 0 bridgehead atoms. The molecule has 0 aromatic rings. The van der Waals surface area contributed by atoms with Gasteiger partial charge in [0, 0.05) is 6.04 Å². The van der Waals surface area contributed by atoms with E-state index in [2.05, 4.69) is 23.5 Å². The van der Waals surface area contributed by atoms with Crippen LogP contribution in [0.4, 0.5) is 4.79 Å². The molecule has 2 unspecified atom stereocenters. The van der Waals surface area contributed by atoms with Crippen LogP contribution in [0, 0.1) is 0 Å². The van der Waals surface area contributed by atoms with Gasteiger partial charge in [0.2, 0.25) is 0 Å². The maximum absolute atomic E-state index is 11.7. The van der Waals surface area contributed by atoms with Gasteiger partial charge in [-0.2, -0.15) is 0 Å². The quantitative estimate of drug-likeness (QED) is 0.470. The molecule has 20 heavy (non-hydrogen) atoms. The van der Waals surface area contributed by atoms with E-state index in [4.69, 9.17) is 16.2 Å². The summed E-state index contributed by atoms with van der Waals surface area (Å²) in [5.41, 5.74) is 12.4. The lowest BCUT2D eigenvalue weighted by Crippen LogP contribution is -2.38. The van der Waals surface area contributed by atoms with E-state index in [1.165, 1.54) is 5.57 Å². The van der Waals surface area contributed by atoms with E-state index in [0.717, 1.165) is 32.1 Å². The van der Waals surface area contributed by atoms with Crippen LogP contribution in [0.15, 0.2) is 23.8 Å². The number of unbranched alkanes of at least 4 members (excludes halogenated alkanes) is 1. The van der Waals surface area contributed by atoms with Gasteiger partial charge >= 0.3 is 6.09 Å². The van der Waals surface area contributed by atoms with Crippen LogP contribution in [0.5, 0.6) is 0 Å². The highest BCUT2D eigenvalue weighted by molar-refractivity contribution is 5.67. The van der Waals surface area contributed by atoms with Crippen molar-refractivity contribution in [1.29, 1.82) is 0 Å². The van der Waals surface area contributed by atoms with E-state index in [0.29, 0.717) is 13.0 Å². The maximum atomic E-state index is 11.7. The fraction of sp³-hybridized carbons (Fsp3) is 0.667.